The molecule has 7 nitrogen and oxygen atoms in total. The van der Waals surface area contributed by atoms with E-state index in [0.29, 0.717) is 31.1 Å². The fraction of sp³-hybridized carbons (Fsp3) is 0.593. The molecule has 8 heteroatoms. The number of aliphatic hydroxyl groups is 1. The highest BCUT2D eigenvalue weighted by atomic mass is 32.2. The summed E-state index contributed by atoms with van der Waals surface area (Å²) >= 11 is 1.79. The summed E-state index contributed by atoms with van der Waals surface area (Å²) in [5.74, 6) is -0.123. The van der Waals surface area contributed by atoms with Crippen LogP contribution in [0.4, 0.5) is 0 Å². The van der Waals surface area contributed by atoms with Crippen molar-refractivity contribution in [1.29, 1.82) is 0 Å². The standard InChI is InChI=1S/C27H40N2O5S/c1-25(2,3)19-16-18(17-20(23(19)31)26(4,5)6)35-27(12-15-30)10-13-29(14-11-27)34-22-9-8-21(24(32)33)28(22)7/h8-9,16-17,30-31H,10-15H2,1-7H3,(H,32,33). The van der Waals surface area contributed by atoms with Crippen LogP contribution in [0.5, 0.6) is 11.6 Å². The van der Waals surface area contributed by atoms with Gasteiger partial charge in [0.05, 0.1) is 0 Å². The molecule has 1 aliphatic heterocycles. The van der Waals surface area contributed by atoms with Gasteiger partial charge in [0, 0.05) is 53.6 Å². The summed E-state index contributed by atoms with van der Waals surface area (Å²) in [5.41, 5.74) is 1.65. The maximum Gasteiger partial charge on any atom is 0.352 e. The number of thioether (sulfide) groups is 1. The van der Waals surface area contributed by atoms with Crippen LogP contribution in [0.1, 0.15) is 82.4 Å². The molecule has 0 amide bonds. The van der Waals surface area contributed by atoms with Gasteiger partial charge < -0.3 is 24.7 Å². The molecule has 1 fully saturated rings. The van der Waals surface area contributed by atoms with Gasteiger partial charge in [-0.05, 0) is 48.3 Å². The number of hydrogen-bond donors (Lipinski definition) is 3. The number of hydroxylamine groups is 2. The van der Waals surface area contributed by atoms with Crippen LogP contribution in [0.2, 0.25) is 0 Å². The molecule has 0 bridgehead atoms. The molecule has 0 saturated carbocycles. The van der Waals surface area contributed by atoms with E-state index < -0.39 is 5.97 Å². The molecule has 0 aliphatic carbocycles. The lowest BCUT2D eigenvalue weighted by atomic mass is 9.79. The first-order chi connectivity index (χ1) is 16.2. The van der Waals surface area contributed by atoms with Crippen molar-refractivity contribution in [2.45, 2.75) is 81.3 Å². The Morgan fingerprint density at radius 3 is 2.03 bits per heavy atom. The molecule has 0 spiro atoms. The molecule has 3 rings (SSSR count). The summed E-state index contributed by atoms with van der Waals surface area (Å²) < 4.78 is 1.38. The number of aromatic nitrogens is 1. The van der Waals surface area contributed by atoms with E-state index in [2.05, 4.69) is 53.7 Å². The second-order valence-corrected chi connectivity index (χ2v) is 13.1. The fourth-order valence-corrected chi connectivity index (χ4v) is 6.02. The minimum absolute atomic E-state index is 0.101. The Kier molecular flexibility index (Phi) is 7.89. The number of carbonyl (C=O) groups is 1. The van der Waals surface area contributed by atoms with E-state index in [1.54, 1.807) is 24.9 Å². The third kappa shape index (κ3) is 6.16. The molecule has 35 heavy (non-hydrogen) atoms. The fourth-order valence-electron chi connectivity index (χ4n) is 4.58. The molecular formula is C27H40N2O5S. The number of phenolic OH excluding ortho intramolecular Hbond substituents is 1. The van der Waals surface area contributed by atoms with Crippen LogP contribution >= 0.6 is 11.8 Å². The van der Waals surface area contributed by atoms with E-state index in [1.807, 2.05) is 5.06 Å². The van der Waals surface area contributed by atoms with Crippen molar-refractivity contribution in [3.05, 3.63) is 41.1 Å². The quantitative estimate of drug-likeness (QED) is 0.469. The normalized spacial score (nSPS) is 16.9. The minimum Gasteiger partial charge on any atom is -0.507 e. The van der Waals surface area contributed by atoms with Gasteiger partial charge in [-0.25, -0.2) is 4.79 Å². The number of hydrogen-bond acceptors (Lipinski definition) is 6. The van der Waals surface area contributed by atoms with Gasteiger partial charge in [0.2, 0.25) is 5.88 Å². The summed E-state index contributed by atoms with van der Waals surface area (Å²) in [6.45, 7) is 14.1. The number of aliphatic hydroxyl groups excluding tert-OH is 1. The van der Waals surface area contributed by atoms with E-state index in [4.69, 9.17) is 4.84 Å². The predicted molar refractivity (Wildman–Crippen MR) is 140 cm³/mol. The zero-order valence-electron chi connectivity index (χ0n) is 22.0. The number of phenols is 1. The Morgan fingerprint density at radius 2 is 1.60 bits per heavy atom. The SMILES string of the molecule is Cn1c(ON2CCC(CCO)(Sc3cc(C(C)(C)C)c(O)c(C(C)(C)C)c3)CC2)ccc1C(=O)O. The number of aromatic carboxylic acids is 1. The predicted octanol–water partition coefficient (Wildman–Crippen LogP) is 5.33. The third-order valence-corrected chi connectivity index (χ3v) is 8.27. The molecule has 2 heterocycles. The van der Waals surface area contributed by atoms with Crippen molar-refractivity contribution in [2.75, 3.05) is 19.7 Å². The summed E-state index contributed by atoms with van der Waals surface area (Å²) in [6.07, 6.45) is 2.28. The number of piperidine rings is 1. The molecule has 2 aromatic rings. The van der Waals surface area contributed by atoms with Crippen molar-refractivity contribution in [1.82, 2.24) is 9.63 Å². The Morgan fingerprint density at radius 1 is 1.06 bits per heavy atom. The van der Waals surface area contributed by atoms with Crippen LogP contribution in [-0.2, 0) is 17.9 Å². The smallest absolute Gasteiger partial charge is 0.352 e. The first kappa shape index (κ1) is 27.4. The summed E-state index contributed by atoms with van der Waals surface area (Å²) in [5, 5.41) is 32.1. The number of rotatable bonds is 7. The van der Waals surface area contributed by atoms with Gasteiger partial charge in [0.15, 0.2) is 0 Å². The Labute approximate surface area is 213 Å². The first-order valence-corrected chi connectivity index (χ1v) is 13.0. The van der Waals surface area contributed by atoms with Crippen LogP contribution in [0.25, 0.3) is 0 Å². The molecule has 0 unspecified atom stereocenters. The monoisotopic (exact) mass is 504 g/mol. The Bertz CT molecular complexity index is 1020. The molecule has 1 aromatic carbocycles. The molecule has 0 radical (unpaired) electrons. The molecular weight excluding hydrogens is 464 g/mol. The van der Waals surface area contributed by atoms with Gasteiger partial charge >= 0.3 is 5.97 Å². The highest BCUT2D eigenvalue weighted by Gasteiger charge is 2.37. The van der Waals surface area contributed by atoms with E-state index in [9.17, 15) is 20.1 Å². The highest BCUT2D eigenvalue weighted by Crippen LogP contribution is 2.48. The lowest BCUT2D eigenvalue weighted by molar-refractivity contribution is -0.0848. The first-order valence-electron chi connectivity index (χ1n) is 12.2. The number of carboxylic acid groups (broad SMARTS) is 1. The van der Waals surface area contributed by atoms with Gasteiger partial charge in [-0.2, -0.15) is 0 Å². The molecule has 1 aromatic heterocycles. The van der Waals surface area contributed by atoms with E-state index in [-0.39, 0.29) is 27.9 Å². The Balaban J connectivity index is 1.83. The lowest BCUT2D eigenvalue weighted by Crippen LogP contribution is -2.44. The summed E-state index contributed by atoms with van der Waals surface area (Å²) in [6, 6.07) is 7.42. The average Bonchev–Trinajstić information content (AvgIpc) is 3.10. The van der Waals surface area contributed by atoms with Crippen LogP contribution in [0.3, 0.4) is 0 Å². The number of aromatic hydroxyl groups is 1. The number of nitrogens with zero attached hydrogens (tertiary/aromatic N) is 2. The van der Waals surface area contributed by atoms with Crippen LogP contribution in [0, 0.1) is 0 Å². The van der Waals surface area contributed by atoms with E-state index in [1.165, 1.54) is 10.6 Å². The third-order valence-electron chi connectivity index (χ3n) is 6.75. The molecule has 194 valence electrons. The average molecular weight is 505 g/mol. The summed E-state index contributed by atoms with van der Waals surface area (Å²) in [7, 11) is 1.68. The van der Waals surface area contributed by atoms with Crippen molar-refractivity contribution in [3.63, 3.8) is 0 Å². The molecule has 0 atom stereocenters. The second-order valence-electron chi connectivity index (χ2n) is 11.6. The van der Waals surface area contributed by atoms with Gasteiger partial charge in [-0.3, -0.25) is 0 Å². The molecule has 3 N–H and O–H groups in total. The van der Waals surface area contributed by atoms with Gasteiger partial charge in [-0.1, -0.05) is 41.5 Å². The maximum atomic E-state index is 11.3. The van der Waals surface area contributed by atoms with Gasteiger partial charge in [-0.15, -0.1) is 16.8 Å². The second kappa shape index (κ2) is 10.1. The van der Waals surface area contributed by atoms with Gasteiger partial charge in [0.25, 0.3) is 0 Å². The van der Waals surface area contributed by atoms with Crippen LogP contribution < -0.4 is 4.84 Å². The van der Waals surface area contributed by atoms with E-state index >= 15 is 0 Å². The van der Waals surface area contributed by atoms with E-state index in [0.717, 1.165) is 28.9 Å². The lowest BCUT2D eigenvalue weighted by Gasteiger charge is -2.41. The number of carboxylic acids is 1. The van der Waals surface area contributed by atoms with Crippen LogP contribution in [0.15, 0.2) is 29.2 Å². The highest BCUT2D eigenvalue weighted by molar-refractivity contribution is 8.00. The zero-order valence-corrected chi connectivity index (χ0v) is 22.8. The Hall–Kier alpha value is -2.16. The topological polar surface area (TPSA) is 95.2 Å². The van der Waals surface area contributed by atoms with Crippen molar-refractivity contribution < 1.29 is 25.0 Å². The molecule has 1 aliphatic rings. The minimum atomic E-state index is -0.988. The largest absolute Gasteiger partial charge is 0.507 e. The van der Waals surface area contributed by atoms with Crippen LogP contribution in [-0.4, -0.2) is 55.4 Å². The number of benzene rings is 1. The zero-order chi connectivity index (χ0) is 26.2. The van der Waals surface area contributed by atoms with Crippen molar-refractivity contribution >= 4 is 17.7 Å². The summed E-state index contributed by atoms with van der Waals surface area (Å²) in [4.78, 5) is 18.4. The van der Waals surface area contributed by atoms with Crippen molar-refractivity contribution in [3.8, 4) is 11.6 Å². The maximum absolute atomic E-state index is 11.3. The molecule has 1 saturated heterocycles. The van der Waals surface area contributed by atoms with Crippen molar-refractivity contribution in [2.24, 2.45) is 7.05 Å². The van der Waals surface area contributed by atoms with Gasteiger partial charge in [0.1, 0.15) is 11.4 Å².